The number of allylic oxidation sites excluding steroid dienone is 2. The number of ether oxygens (including phenoxy) is 1. The van der Waals surface area contributed by atoms with E-state index in [1.54, 1.807) is 0 Å². The second kappa shape index (κ2) is 12.4. The maximum absolute atomic E-state index is 13.2. The molecule has 0 aliphatic carbocycles. The maximum Gasteiger partial charge on any atom is 0.338 e. The van der Waals surface area contributed by atoms with E-state index in [-0.39, 0.29) is 12.6 Å². The van der Waals surface area contributed by atoms with Gasteiger partial charge in [0, 0.05) is 5.41 Å². The lowest BCUT2D eigenvalue weighted by atomic mass is 9.84. The van der Waals surface area contributed by atoms with Crippen LogP contribution >= 0.6 is 7.92 Å². The van der Waals surface area contributed by atoms with Gasteiger partial charge in [-0.25, -0.2) is 4.79 Å². The zero-order valence-corrected chi connectivity index (χ0v) is 21.1. The van der Waals surface area contributed by atoms with Gasteiger partial charge in [0.15, 0.2) is 0 Å². The molecule has 1 unspecified atom stereocenters. The minimum atomic E-state index is -0.918. The molecule has 0 fully saturated rings. The summed E-state index contributed by atoms with van der Waals surface area (Å²) in [6.45, 7) is 6.25. The van der Waals surface area contributed by atoms with Crippen LogP contribution in [0.15, 0.2) is 96.6 Å². The number of esters is 1. The quantitative estimate of drug-likeness (QED) is 0.150. The van der Waals surface area contributed by atoms with Crippen molar-refractivity contribution >= 4 is 36.1 Å². The number of carbonyl (C=O) groups excluding carboxylic acids is 2. The van der Waals surface area contributed by atoms with Crippen LogP contribution in [0.25, 0.3) is 0 Å². The lowest BCUT2D eigenvalue weighted by Crippen LogP contribution is -2.27. The van der Waals surface area contributed by atoms with Crippen molar-refractivity contribution in [3.8, 4) is 0 Å². The van der Waals surface area contributed by atoms with E-state index in [1.165, 1.54) is 16.2 Å². The van der Waals surface area contributed by atoms with Crippen LogP contribution in [0.5, 0.6) is 0 Å². The lowest BCUT2D eigenvalue weighted by Gasteiger charge is -2.23. The molecule has 0 heterocycles. The third-order valence-corrected chi connectivity index (χ3v) is 8.35. The zero-order valence-electron chi connectivity index (χ0n) is 20.2. The van der Waals surface area contributed by atoms with Gasteiger partial charge < -0.3 is 9.53 Å². The van der Waals surface area contributed by atoms with Gasteiger partial charge in [-0.15, -0.1) is 0 Å². The monoisotopic (exact) mass is 472 g/mol. The van der Waals surface area contributed by atoms with E-state index in [9.17, 15) is 9.59 Å². The first-order valence-corrected chi connectivity index (χ1v) is 13.0. The summed E-state index contributed by atoms with van der Waals surface area (Å²) < 4.78 is 5.71. The molecule has 3 aromatic carbocycles. The number of hydrogen-bond donors (Lipinski definition) is 0. The van der Waals surface area contributed by atoms with Crippen molar-refractivity contribution in [1.82, 2.24) is 0 Å². The first-order chi connectivity index (χ1) is 16.4. The Morgan fingerprint density at radius 1 is 0.853 bits per heavy atom. The second-order valence-electron chi connectivity index (χ2n) is 9.00. The summed E-state index contributed by atoms with van der Waals surface area (Å²) in [4.78, 5) is 24.9. The average Bonchev–Trinajstić information content (AvgIpc) is 2.85. The van der Waals surface area contributed by atoms with E-state index >= 15 is 0 Å². The van der Waals surface area contributed by atoms with Crippen LogP contribution in [0.3, 0.4) is 0 Å². The summed E-state index contributed by atoms with van der Waals surface area (Å²) in [7, 11) is -0.918. The van der Waals surface area contributed by atoms with Gasteiger partial charge in [0.25, 0.3) is 0 Å². The van der Waals surface area contributed by atoms with Crippen LogP contribution in [-0.2, 0) is 9.53 Å². The second-order valence-corrected chi connectivity index (χ2v) is 11.2. The number of carbonyl (C=O) groups is 2. The Morgan fingerprint density at radius 2 is 1.41 bits per heavy atom. The molecule has 176 valence electrons. The van der Waals surface area contributed by atoms with E-state index in [0.717, 1.165) is 24.4 Å². The van der Waals surface area contributed by atoms with Crippen LogP contribution in [0, 0.1) is 5.41 Å². The Hall–Kier alpha value is -3.03. The minimum Gasteiger partial charge on any atom is -0.462 e. The summed E-state index contributed by atoms with van der Waals surface area (Å²) in [5.41, 5.74) is 1.31. The molecular formula is C30H33O3P. The Balaban J connectivity index is 1.80. The first-order valence-electron chi connectivity index (χ1n) is 11.7. The molecule has 0 radical (unpaired) electrons. The normalized spacial score (nSPS) is 12.6. The Morgan fingerprint density at radius 3 is 1.97 bits per heavy atom. The molecule has 0 saturated carbocycles. The molecular weight excluding hydrogens is 439 g/mol. The topological polar surface area (TPSA) is 43.4 Å². The van der Waals surface area contributed by atoms with Gasteiger partial charge in [0.2, 0.25) is 0 Å². The van der Waals surface area contributed by atoms with Crippen molar-refractivity contribution in [1.29, 1.82) is 0 Å². The molecule has 1 atom stereocenters. The summed E-state index contributed by atoms with van der Waals surface area (Å²) in [5, 5.41) is 3.33. The lowest BCUT2D eigenvalue weighted by molar-refractivity contribution is -0.116. The van der Waals surface area contributed by atoms with Gasteiger partial charge in [-0.2, -0.15) is 0 Å². The Labute approximate surface area is 204 Å². The van der Waals surface area contributed by atoms with Gasteiger partial charge in [-0.3, -0.25) is 0 Å². The molecule has 0 aromatic heterocycles. The fourth-order valence-corrected chi connectivity index (χ4v) is 6.25. The van der Waals surface area contributed by atoms with Gasteiger partial charge in [0.1, 0.15) is 6.29 Å². The van der Waals surface area contributed by atoms with E-state index < -0.39 is 13.3 Å². The van der Waals surface area contributed by atoms with Crippen molar-refractivity contribution in [2.45, 2.75) is 40.0 Å². The molecule has 3 aromatic rings. The molecule has 0 bridgehead atoms. The average molecular weight is 473 g/mol. The van der Waals surface area contributed by atoms with Crippen LogP contribution in [-0.4, -0.2) is 18.9 Å². The van der Waals surface area contributed by atoms with Crippen molar-refractivity contribution in [3.63, 3.8) is 0 Å². The van der Waals surface area contributed by atoms with Gasteiger partial charge >= 0.3 is 5.97 Å². The molecule has 0 spiro atoms. The Kier molecular flexibility index (Phi) is 9.36. The zero-order chi connectivity index (χ0) is 24.4. The molecule has 0 N–H and O–H groups in total. The predicted molar refractivity (Wildman–Crippen MR) is 143 cm³/mol. The van der Waals surface area contributed by atoms with E-state index in [2.05, 4.69) is 44.2 Å². The van der Waals surface area contributed by atoms with Crippen LogP contribution in [0.2, 0.25) is 0 Å². The van der Waals surface area contributed by atoms with Crippen LogP contribution in [0.1, 0.15) is 50.4 Å². The molecule has 4 heteroatoms. The fourth-order valence-electron chi connectivity index (χ4n) is 3.81. The van der Waals surface area contributed by atoms with E-state index in [1.807, 2.05) is 67.6 Å². The number of benzene rings is 3. The van der Waals surface area contributed by atoms with E-state index in [4.69, 9.17) is 4.74 Å². The number of rotatable bonds is 11. The molecule has 34 heavy (non-hydrogen) atoms. The highest BCUT2D eigenvalue weighted by atomic mass is 31.1. The summed E-state index contributed by atoms with van der Waals surface area (Å²) in [6.07, 6.45) is 5.22. The highest BCUT2D eigenvalue weighted by Gasteiger charge is 2.25. The molecule has 3 rings (SSSR count). The van der Waals surface area contributed by atoms with Gasteiger partial charge in [-0.1, -0.05) is 97.4 Å². The maximum atomic E-state index is 13.2. The van der Waals surface area contributed by atoms with Gasteiger partial charge in [0.05, 0.1) is 12.2 Å². The van der Waals surface area contributed by atoms with Gasteiger partial charge in [-0.05, 0) is 63.0 Å². The summed E-state index contributed by atoms with van der Waals surface area (Å²) in [5.74, 6) is -0.340. The Bertz CT molecular complexity index is 1060. The van der Waals surface area contributed by atoms with Crippen LogP contribution < -0.4 is 15.9 Å². The minimum absolute atomic E-state index is 0.214. The summed E-state index contributed by atoms with van der Waals surface area (Å²) in [6, 6.07) is 28.3. The SMILES string of the molecule is CC(C)=CCCC(C)(C=O)CCOC(=O)c1ccccc1P(c1ccccc1)c1ccccc1. The first kappa shape index (κ1) is 25.6. The number of aldehydes is 1. The highest BCUT2D eigenvalue weighted by molar-refractivity contribution is 7.80. The largest absolute Gasteiger partial charge is 0.462 e. The van der Waals surface area contributed by atoms with Crippen molar-refractivity contribution in [2.24, 2.45) is 5.41 Å². The fraction of sp³-hybridized carbons (Fsp3) is 0.267. The smallest absolute Gasteiger partial charge is 0.338 e. The molecule has 0 aliphatic rings. The molecule has 0 saturated heterocycles. The molecule has 3 nitrogen and oxygen atoms in total. The molecule has 0 amide bonds. The predicted octanol–water partition coefficient (Wildman–Crippen LogP) is 5.94. The van der Waals surface area contributed by atoms with Crippen molar-refractivity contribution in [3.05, 3.63) is 102 Å². The van der Waals surface area contributed by atoms with E-state index in [0.29, 0.717) is 12.0 Å². The number of hydrogen-bond acceptors (Lipinski definition) is 3. The summed E-state index contributed by atoms with van der Waals surface area (Å²) >= 11 is 0. The molecule has 0 aliphatic heterocycles. The van der Waals surface area contributed by atoms with Crippen LogP contribution in [0.4, 0.5) is 0 Å². The third kappa shape index (κ3) is 6.98. The third-order valence-electron chi connectivity index (χ3n) is 5.85. The highest BCUT2D eigenvalue weighted by Crippen LogP contribution is 2.34. The standard InChI is InChI=1S/C30H33O3P/c1-24(2)13-12-20-30(3,23-31)21-22-33-29(32)27-18-10-11-19-28(27)34(25-14-6-4-7-15-25)26-16-8-5-9-17-26/h4-11,13-19,23H,12,20-22H2,1-3H3. The van der Waals surface area contributed by atoms with Crippen molar-refractivity contribution < 1.29 is 14.3 Å². The van der Waals surface area contributed by atoms with Crippen molar-refractivity contribution in [2.75, 3.05) is 6.61 Å².